The SMILES string of the molecule is COC(=O)c1ccc(NC(=S)NC(=NC2Cc3ccccc3C2)Nc2nc(C)cc(C)n2)cc1. The van der Waals surface area contributed by atoms with Crippen LogP contribution in [0.4, 0.5) is 11.6 Å². The zero-order valence-electron chi connectivity index (χ0n) is 19.3. The Bertz CT molecular complexity index is 1200. The van der Waals surface area contributed by atoms with E-state index in [1.54, 1.807) is 24.3 Å². The van der Waals surface area contributed by atoms with Gasteiger partial charge >= 0.3 is 5.97 Å². The second kappa shape index (κ2) is 10.4. The minimum Gasteiger partial charge on any atom is -0.465 e. The minimum absolute atomic E-state index is 0.0699. The number of aryl methyl sites for hydroxylation is 2. The summed E-state index contributed by atoms with van der Waals surface area (Å²) in [5.74, 6) is 0.521. The molecule has 174 valence electrons. The molecule has 0 amide bonds. The van der Waals surface area contributed by atoms with Gasteiger partial charge in [0.15, 0.2) is 5.11 Å². The van der Waals surface area contributed by atoms with E-state index in [1.807, 2.05) is 19.9 Å². The van der Waals surface area contributed by atoms with Crippen molar-refractivity contribution in [3.8, 4) is 0 Å². The number of aromatic nitrogens is 2. The number of carbonyl (C=O) groups is 1. The molecule has 1 aromatic heterocycles. The molecule has 8 nitrogen and oxygen atoms in total. The van der Waals surface area contributed by atoms with E-state index in [0.29, 0.717) is 22.6 Å². The van der Waals surface area contributed by atoms with E-state index in [2.05, 4.69) is 50.2 Å². The quantitative estimate of drug-likeness (QED) is 0.227. The van der Waals surface area contributed by atoms with Gasteiger partial charge in [-0.15, -0.1) is 0 Å². The maximum absolute atomic E-state index is 11.6. The molecular weight excluding hydrogens is 448 g/mol. The Labute approximate surface area is 203 Å². The summed E-state index contributed by atoms with van der Waals surface area (Å²) in [6, 6.07) is 17.2. The van der Waals surface area contributed by atoms with Gasteiger partial charge in [0, 0.05) is 17.1 Å². The number of rotatable bonds is 4. The number of carbonyl (C=O) groups excluding carboxylic acids is 1. The molecule has 0 atom stereocenters. The molecule has 1 aliphatic rings. The molecule has 1 heterocycles. The van der Waals surface area contributed by atoms with Gasteiger partial charge in [-0.05, 0) is 80.4 Å². The predicted molar refractivity (Wildman–Crippen MR) is 137 cm³/mol. The molecule has 0 unspecified atom stereocenters. The maximum atomic E-state index is 11.6. The topological polar surface area (TPSA) is 101 Å². The number of anilines is 2. The van der Waals surface area contributed by atoms with E-state index in [9.17, 15) is 4.79 Å². The van der Waals surface area contributed by atoms with Crippen molar-refractivity contribution in [3.05, 3.63) is 82.7 Å². The molecule has 9 heteroatoms. The number of ether oxygens (including phenoxy) is 1. The van der Waals surface area contributed by atoms with Gasteiger partial charge in [0.25, 0.3) is 0 Å². The lowest BCUT2D eigenvalue weighted by Gasteiger charge is -2.16. The van der Waals surface area contributed by atoms with Crippen LogP contribution in [0.15, 0.2) is 59.6 Å². The Kier molecular flexibility index (Phi) is 7.12. The summed E-state index contributed by atoms with van der Waals surface area (Å²) in [4.78, 5) is 25.5. The molecule has 1 aliphatic carbocycles. The van der Waals surface area contributed by atoms with Crippen LogP contribution >= 0.6 is 12.2 Å². The largest absolute Gasteiger partial charge is 0.465 e. The molecule has 34 heavy (non-hydrogen) atoms. The molecule has 0 fully saturated rings. The Morgan fingerprint density at radius 3 is 2.21 bits per heavy atom. The summed E-state index contributed by atoms with van der Waals surface area (Å²) in [5, 5.41) is 9.79. The summed E-state index contributed by atoms with van der Waals surface area (Å²) < 4.78 is 4.74. The Morgan fingerprint density at radius 2 is 1.62 bits per heavy atom. The van der Waals surface area contributed by atoms with Crippen LogP contribution in [0.1, 0.15) is 32.9 Å². The zero-order chi connectivity index (χ0) is 24.1. The van der Waals surface area contributed by atoms with Crippen LogP contribution in [-0.2, 0) is 17.6 Å². The summed E-state index contributed by atoms with van der Waals surface area (Å²) in [7, 11) is 1.35. The van der Waals surface area contributed by atoms with E-state index in [0.717, 1.165) is 29.9 Å². The highest BCUT2D eigenvalue weighted by Gasteiger charge is 2.21. The smallest absolute Gasteiger partial charge is 0.337 e. The molecule has 0 spiro atoms. The third-order valence-electron chi connectivity index (χ3n) is 5.35. The van der Waals surface area contributed by atoms with Crippen LogP contribution in [0.25, 0.3) is 0 Å². The number of benzene rings is 2. The summed E-state index contributed by atoms with van der Waals surface area (Å²) in [6.45, 7) is 3.84. The number of thiocarbonyl (C=S) groups is 1. The van der Waals surface area contributed by atoms with Crippen LogP contribution in [-0.4, -0.2) is 40.2 Å². The van der Waals surface area contributed by atoms with Crippen molar-refractivity contribution in [2.24, 2.45) is 4.99 Å². The fraction of sp³-hybridized carbons (Fsp3) is 0.240. The van der Waals surface area contributed by atoms with E-state index < -0.39 is 5.97 Å². The third kappa shape index (κ3) is 5.93. The van der Waals surface area contributed by atoms with Crippen molar-refractivity contribution in [2.75, 3.05) is 17.7 Å². The van der Waals surface area contributed by atoms with Gasteiger partial charge in [-0.3, -0.25) is 5.32 Å². The van der Waals surface area contributed by atoms with Gasteiger partial charge < -0.3 is 15.4 Å². The Balaban J connectivity index is 1.50. The fourth-order valence-corrected chi connectivity index (χ4v) is 4.08. The van der Waals surface area contributed by atoms with Crippen molar-refractivity contribution in [1.82, 2.24) is 15.3 Å². The highest BCUT2D eigenvalue weighted by molar-refractivity contribution is 7.80. The second-order valence-corrected chi connectivity index (χ2v) is 8.46. The molecule has 3 aromatic rings. The molecule has 0 aliphatic heterocycles. The highest BCUT2D eigenvalue weighted by Crippen LogP contribution is 2.24. The highest BCUT2D eigenvalue weighted by atomic mass is 32.1. The van der Waals surface area contributed by atoms with Gasteiger partial charge in [0.05, 0.1) is 18.7 Å². The second-order valence-electron chi connectivity index (χ2n) is 8.06. The monoisotopic (exact) mass is 474 g/mol. The molecule has 0 radical (unpaired) electrons. The molecule has 0 saturated heterocycles. The first-order chi connectivity index (χ1) is 16.4. The number of nitrogens with one attached hydrogen (secondary N) is 3. The van der Waals surface area contributed by atoms with Crippen molar-refractivity contribution < 1.29 is 9.53 Å². The van der Waals surface area contributed by atoms with Crippen molar-refractivity contribution in [3.63, 3.8) is 0 Å². The van der Waals surface area contributed by atoms with Crippen molar-refractivity contribution in [1.29, 1.82) is 0 Å². The first kappa shape index (κ1) is 23.3. The van der Waals surface area contributed by atoms with E-state index in [1.165, 1.54) is 18.2 Å². The lowest BCUT2D eigenvalue weighted by molar-refractivity contribution is 0.0601. The van der Waals surface area contributed by atoms with E-state index in [4.69, 9.17) is 21.9 Å². The minimum atomic E-state index is -0.392. The van der Waals surface area contributed by atoms with Crippen LogP contribution in [0.3, 0.4) is 0 Å². The van der Waals surface area contributed by atoms with Gasteiger partial charge in [-0.1, -0.05) is 24.3 Å². The molecule has 0 saturated carbocycles. The fourth-order valence-electron chi connectivity index (χ4n) is 3.87. The molecule has 3 N–H and O–H groups in total. The molecular formula is C25H26N6O2S. The van der Waals surface area contributed by atoms with Crippen LogP contribution in [0, 0.1) is 13.8 Å². The number of hydrogen-bond acceptors (Lipinski definition) is 6. The lowest BCUT2D eigenvalue weighted by atomic mass is 10.1. The first-order valence-electron chi connectivity index (χ1n) is 10.9. The van der Waals surface area contributed by atoms with E-state index in [-0.39, 0.29) is 6.04 Å². The maximum Gasteiger partial charge on any atom is 0.337 e. The first-order valence-corrected chi connectivity index (χ1v) is 11.3. The number of esters is 1. The van der Waals surface area contributed by atoms with Crippen LogP contribution < -0.4 is 16.0 Å². The van der Waals surface area contributed by atoms with Crippen molar-refractivity contribution in [2.45, 2.75) is 32.7 Å². The number of fused-ring (bicyclic) bond motifs is 1. The standard InChI is InChI=1S/C25H26N6O2S/c1-15-12-16(2)27-23(26-15)30-24(28-21-13-18-6-4-5-7-19(18)14-21)31-25(34)29-20-10-8-17(9-11-20)22(32)33-3/h4-12,21H,13-14H2,1-3H3,(H3,26,27,28,29,30,31,34). The number of hydrogen-bond donors (Lipinski definition) is 3. The molecule has 4 rings (SSSR count). The van der Waals surface area contributed by atoms with Crippen molar-refractivity contribution >= 4 is 40.9 Å². The molecule has 2 aromatic carbocycles. The number of nitrogens with zero attached hydrogens (tertiary/aromatic N) is 3. The number of methoxy groups -OCH3 is 1. The zero-order valence-corrected chi connectivity index (χ0v) is 20.1. The average molecular weight is 475 g/mol. The van der Waals surface area contributed by atoms with Gasteiger partial charge in [-0.2, -0.15) is 0 Å². The normalized spacial score (nSPS) is 13.2. The third-order valence-corrected chi connectivity index (χ3v) is 5.55. The Hall–Kier alpha value is -3.85. The van der Waals surface area contributed by atoms with Gasteiger partial charge in [0.2, 0.25) is 11.9 Å². The van der Waals surface area contributed by atoms with Gasteiger partial charge in [0.1, 0.15) is 0 Å². The summed E-state index contributed by atoms with van der Waals surface area (Å²) >= 11 is 5.52. The summed E-state index contributed by atoms with van der Waals surface area (Å²) in [5.41, 5.74) is 5.52. The molecule has 0 bridgehead atoms. The lowest BCUT2D eigenvalue weighted by Crippen LogP contribution is -2.40. The van der Waals surface area contributed by atoms with E-state index >= 15 is 0 Å². The van der Waals surface area contributed by atoms with Crippen LogP contribution in [0.5, 0.6) is 0 Å². The Morgan fingerprint density at radius 1 is 1.00 bits per heavy atom. The van der Waals surface area contributed by atoms with Gasteiger partial charge in [-0.25, -0.2) is 19.8 Å². The summed E-state index contributed by atoms with van der Waals surface area (Å²) in [6.07, 6.45) is 1.71. The van der Waals surface area contributed by atoms with Crippen LogP contribution in [0.2, 0.25) is 0 Å². The average Bonchev–Trinajstić information content (AvgIpc) is 3.20. The number of guanidine groups is 1. The number of aliphatic imine (C=N–C) groups is 1. The predicted octanol–water partition coefficient (Wildman–Crippen LogP) is 3.80.